The summed E-state index contributed by atoms with van der Waals surface area (Å²) in [6.07, 6.45) is 2.17. The van der Waals surface area contributed by atoms with Crippen LogP contribution in [0.1, 0.15) is 44.0 Å². The van der Waals surface area contributed by atoms with E-state index in [1.54, 1.807) is 6.07 Å². The van der Waals surface area contributed by atoms with Gasteiger partial charge in [0.2, 0.25) is 0 Å². The number of carbonyl (C=O) groups excluding carboxylic acids is 1. The third kappa shape index (κ3) is 3.77. The molecular formula is C14H21NOS. The van der Waals surface area contributed by atoms with Gasteiger partial charge in [0.25, 0.3) is 5.91 Å². The molecule has 1 aromatic rings. The molecule has 0 aromatic heterocycles. The van der Waals surface area contributed by atoms with Crippen LogP contribution in [-0.2, 0) is 0 Å². The molecule has 0 saturated heterocycles. The standard InChI is InChI=1S/C14H21NOS/c1-4-11(5-2)10(3)15-14(16)12-8-6-7-9-13(12)17/h6-11,17H,4-5H2,1-3H3,(H,15,16). The Morgan fingerprint density at radius 1 is 1.29 bits per heavy atom. The van der Waals surface area contributed by atoms with E-state index in [4.69, 9.17) is 0 Å². The second-order valence-corrected chi connectivity index (χ2v) is 4.84. The summed E-state index contributed by atoms with van der Waals surface area (Å²) >= 11 is 4.30. The molecule has 0 radical (unpaired) electrons. The highest BCUT2D eigenvalue weighted by Crippen LogP contribution is 2.16. The first-order valence-electron chi connectivity index (χ1n) is 6.19. The lowest BCUT2D eigenvalue weighted by Crippen LogP contribution is -2.37. The molecule has 0 aliphatic carbocycles. The quantitative estimate of drug-likeness (QED) is 0.770. The second kappa shape index (κ2) is 6.70. The maximum atomic E-state index is 12.1. The van der Waals surface area contributed by atoms with Gasteiger partial charge >= 0.3 is 0 Å². The Bertz CT molecular complexity index is 374. The van der Waals surface area contributed by atoms with Gasteiger partial charge in [-0.25, -0.2) is 0 Å². The average Bonchev–Trinajstić information content (AvgIpc) is 2.31. The largest absolute Gasteiger partial charge is 0.349 e. The van der Waals surface area contributed by atoms with Gasteiger partial charge in [0.1, 0.15) is 0 Å². The van der Waals surface area contributed by atoms with Crippen molar-refractivity contribution in [3.05, 3.63) is 29.8 Å². The number of carbonyl (C=O) groups is 1. The minimum Gasteiger partial charge on any atom is -0.349 e. The van der Waals surface area contributed by atoms with E-state index in [-0.39, 0.29) is 11.9 Å². The van der Waals surface area contributed by atoms with Crippen LogP contribution in [0.2, 0.25) is 0 Å². The topological polar surface area (TPSA) is 29.1 Å². The Hall–Kier alpha value is -0.960. The van der Waals surface area contributed by atoms with Crippen molar-refractivity contribution in [1.29, 1.82) is 0 Å². The summed E-state index contributed by atoms with van der Waals surface area (Å²) < 4.78 is 0. The summed E-state index contributed by atoms with van der Waals surface area (Å²) in [5, 5.41) is 3.05. The molecule has 1 N–H and O–H groups in total. The number of benzene rings is 1. The van der Waals surface area contributed by atoms with Crippen molar-refractivity contribution in [1.82, 2.24) is 5.32 Å². The zero-order valence-corrected chi connectivity index (χ0v) is 11.6. The minimum absolute atomic E-state index is 0.0324. The molecule has 0 bridgehead atoms. The van der Waals surface area contributed by atoms with Crippen LogP contribution in [0.3, 0.4) is 0 Å². The smallest absolute Gasteiger partial charge is 0.252 e. The average molecular weight is 251 g/mol. The number of thiol groups is 1. The Labute approximate surface area is 109 Å². The van der Waals surface area contributed by atoms with Crippen molar-refractivity contribution in [2.24, 2.45) is 5.92 Å². The van der Waals surface area contributed by atoms with Gasteiger partial charge in [0.05, 0.1) is 5.56 Å². The third-order valence-corrected chi connectivity index (χ3v) is 3.65. The van der Waals surface area contributed by atoms with Gasteiger partial charge in [-0.1, -0.05) is 38.8 Å². The Morgan fingerprint density at radius 3 is 2.41 bits per heavy atom. The summed E-state index contributed by atoms with van der Waals surface area (Å²) in [6, 6.07) is 7.57. The van der Waals surface area contributed by atoms with Crippen LogP contribution in [0.25, 0.3) is 0 Å². The molecule has 1 aromatic carbocycles. The minimum atomic E-state index is -0.0324. The predicted molar refractivity (Wildman–Crippen MR) is 74.7 cm³/mol. The molecule has 0 fully saturated rings. The molecule has 17 heavy (non-hydrogen) atoms. The molecule has 3 heteroatoms. The summed E-state index contributed by atoms with van der Waals surface area (Å²) in [5.41, 5.74) is 0.647. The number of hydrogen-bond acceptors (Lipinski definition) is 2. The molecule has 0 aliphatic rings. The Morgan fingerprint density at radius 2 is 1.88 bits per heavy atom. The first-order chi connectivity index (χ1) is 8.10. The maximum Gasteiger partial charge on any atom is 0.252 e. The maximum absolute atomic E-state index is 12.1. The zero-order chi connectivity index (χ0) is 12.8. The fourth-order valence-electron chi connectivity index (χ4n) is 2.06. The number of rotatable bonds is 5. The third-order valence-electron chi connectivity index (χ3n) is 3.26. The zero-order valence-electron chi connectivity index (χ0n) is 10.7. The molecule has 0 heterocycles. The van der Waals surface area contributed by atoms with Gasteiger partial charge < -0.3 is 5.32 Å². The van der Waals surface area contributed by atoms with Gasteiger partial charge in [-0.05, 0) is 25.0 Å². The van der Waals surface area contributed by atoms with E-state index >= 15 is 0 Å². The molecule has 1 rings (SSSR count). The lowest BCUT2D eigenvalue weighted by Gasteiger charge is -2.22. The number of hydrogen-bond donors (Lipinski definition) is 2. The fraction of sp³-hybridized carbons (Fsp3) is 0.500. The first-order valence-corrected chi connectivity index (χ1v) is 6.63. The Kier molecular flexibility index (Phi) is 5.56. The second-order valence-electron chi connectivity index (χ2n) is 4.36. The summed E-state index contributed by atoms with van der Waals surface area (Å²) in [7, 11) is 0. The van der Waals surface area contributed by atoms with Gasteiger partial charge in [0, 0.05) is 10.9 Å². The molecular weight excluding hydrogens is 230 g/mol. The number of nitrogens with one attached hydrogen (secondary N) is 1. The van der Waals surface area contributed by atoms with E-state index in [0.29, 0.717) is 11.5 Å². The van der Waals surface area contributed by atoms with Crippen LogP contribution in [0.4, 0.5) is 0 Å². The summed E-state index contributed by atoms with van der Waals surface area (Å²) in [6.45, 7) is 6.38. The van der Waals surface area contributed by atoms with Crippen molar-refractivity contribution < 1.29 is 4.79 Å². The van der Waals surface area contributed by atoms with E-state index in [9.17, 15) is 4.79 Å². The van der Waals surface area contributed by atoms with E-state index in [0.717, 1.165) is 17.7 Å². The highest BCUT2D eigenvalue weighted by atomic mass is 32.1. The van der Waals surface area contributed by atoms with Gasteiger partial charge in [-0.2, -0.15) is 0 Å². The lowest BCUT2D eigenvalue weighted by atomic mass is 9.95. The summed E-state index contributed by atoms with van der Waals surface area (Å²) in [4.78, 5) is 12.8. The lowest BCUT2D eigenvalue weighted by molar-refractivity contribution is 0.0922. The van der Waals surface area contributed by atoms with E-state index in [1.165, 1.54) is 0 Å². The number of amides is 1. The van der Waals surface area contributed by atoms with Crippen LogP contribution in [0, 0.1) is 5.92 Å². The molecule has 1 unspecified atom stereocenters. The van der Waals surface area contributed by atoms with Gasteiger partial charge in [0.15, 0.2) is 0 Å². The SMILES string of the molecule is CCC(CC)C(C)NC(=O)c1ccccc1S. The predicted octanol–water partition coefficient (Wildman–Crippen LogP) is 3.53. The van der Waals surface area contributed by atoms with Gasteiger partial charge in [-0.3, -0.25) is 4.79 Å². The first kappa shape index (κ1) is 14.1. The molecule has 0 aliphatic heterocycles. The van der Waals surface area contributed by atoms with Crippen molar-refractivity contribution >= 4 is 18.5 Å². The van der Waals surface area contributed by atoms with Crippen molar-refractivity contribution in [2.75, 3.05) is 0 Å². The summed E-state index contributed by atoms with van der Waals surface area (Å²) in [5.74, 6) is 0.501. The highest BCUT2D eigenvalue weighted by Gasteiger charge is 2.17. The van der Waals surface area contributed by atoms with Crippen LogP contribution in [0.5, 0.6) is 0 Å². The van der Waals surface area contributed by atoms with Crippen LogP contribution in [-0.4, -0.2) is 11.9 Å². The van der Waals surface area contributed by atoms with E-state index in [1.807, 2.05) is 18.2 Å². The normalized spacial score (nSPS) is 12.5. The van der Waals surface area contributed by atoms with E-state index < -0.39 is 0 Å². The monoisotopic (exact) mass is 251 g/mol. The highest BCUT2D eigenvalue weighted by molar-refractivity contribution is 7.80. The fourth-order valence-corrected chi connectivity index (χ4v) is 2.33. The van der Waals surface area contributed by atoms with Gasteiger partial charge in [-0.15, -0.1) is 12.6 Å². The molecule has 2 nitrogen and oxygen atoms in total. The molecule has 1 atom stereocenters. The molecule has 94 valence electrons. The molecule has 0 spiro atoms. The van der Waals surface area contributed by atoms with E-state index in [2.05, 4.69) is 38.7 Å². The van der Waals surface area contributed by atoms with Crippen molar-refractivity contribution in [2.45, 2.75) is 44.6 Å². The molecule has 1 amide bonds. The van der Waals surface area contributed by atoms with Crippen molar-refractivity contribution in [3.63, 3.8) is 0 Å². The van der Waals surface area contributed by atoms with Crippen LogP contribution < -0.4 is 5.32 Å². The van der Waals surface area contributed by atoms with Crippen LogP contribution >= 0.6 is 12.6 Å². The molecule has 0 saturated carbocycles. The van der Waals surface area contributed by atoms with Crippen molar-refractivity contribution in [3.8, 4) is 0 Å². The van der Waals surface area contributed by atoms with Crippen LogP contribution in [0.15, 0.2) is 29.2 Å². The Balaban J connectivity index is 2.70.